The van der Waals surface area contributed by atoms with E-state index in [9.17, 15) is 8.42 Å². The number of H-pyrrole nitrogens is 1. The lowest BCUT2D eigenvalue weighted by Gasteiger charge is -2.33. The van der Waals surface area contributed by atoms with Crippen molar-refractivity contribution in [1.82, 2.24) is 24.5 Å². The molecule has 1 saturated heterocycles. The predicted molar refractivity (Wildman–Crippen MR) is 79.6 cm³/mol. The van der Waals surface area contributed by atoms with E-state index in [1.54, 1.807) is 5.38 Å². The molecule has 1 aliphatic heterocycles. The first kappa shape index (κ1) is 14.4. The van der Waals surface area contributed by atoms with Gasteiger partial charge in [0, 0.05) is 31.6 Å². The molecule has 1 aliphatic rings. The summed E-state index contributed by atoms with van der Waals surface area (Å²) in [5.74, 6) is 0.654. The topological polar surface area (TPSA) is 95.1 Å². The van der Waals surface area contributed by atoms with Crippen molar-refractivity contribution in [1.29, 1.82) is 0 Å². The SMILES string of the molecule is Cc1nc(CS(=O)(=O)N2CCN(c3ncn[nH]3)CC2)cs1. The predicted octanol–water partition coefficient (Wildman–Crippen LogP) is 0.222. The van der Waals surface area contributed by atoms with Crippen LogP contribution in [0.2, 0.25) is 0 Å². The van der Waals surface area contributed by atoms with Gasteiger partial charge in [0.2, 0.25) is 16.0 Å². The average molecular weight is 328 g/mol. The summed E-state index contributed by atoms with van der Waals surface area (Å²) in [4.78, 5) is 10.3. The van der Waals surface area contributed by atoms with Crippen LogP contribution in [0.4, 0.5) is 5.95 Å². The molecule has 0 radical (unpaired) electrons. The fraction of sp³-hybridized carbons (Fsp3) is 0.545. The molecule has 3 rings (SSSR count). The minimum atomic E-state index is -3.31. The van der Waals surface area contributed by atoms with Crippen molar-refractivity contribution in [2.75, 3.05) is 31.1 Å². The third kappa shape index (κ3) is 3.22. The summed E-state index contributed by atoms with van der Waals surface area (Å²) in [7, 11) is -3.31. The van der Waals surface area contributed by atoms with Gasteiger partial charge in [-0.05, 0) is 6.92 Å². The molecular formula is C11H16N6O2S2. The molecule has 8 nitrogen and oxygen atoms in total. The van der Waals surface area contributed by atoms with Crippen molar-refractivity contribution >= 4 is 27.3 Å². The molecule has 1 N–H and O–H groups in total. The van der Waals surface area contributed by atoms with E-state index in [0.29, 0.717) is 37.8 Å². The lowest BCUT2D eigenvalue weighted by molar-refractivity contribution is 0.382. The van der Waals surface area contributed by atoms with Gasteiger partial charge in [-0.15, -0.1) is 11.3 Å². The van der Waals surface area contributed by atoms with Crippen molar-refractivity contribution in [3.63, 3.8) is 0 Å². The molecule has 1 fully saturated rings. The Morgan fingerprint density at radius 2 is 2.10 bits per heavy atom. The third-order valence-electron chi connectivity index (χ3n) is 3.33. The maximum absolute atomic E-state index is 12.4. The Labute approximate surface area is 126 Å². The van der Waals surface area contributed by atoms with Crippen LogP contribution in [0.1, 0.15) is 10.7 Å². The highest BCUT2D eigenvalue weighted by atomic mass is 32.2. The molecule has 0 amide bonds. The van der Waals surface area contributed by atoms with Gasteiger partial charge in [-0.2, -0.15) is 14.4 Å². The number of aryl methyl sites for hydroxylation is 1. The summed E-state index contributed by atoms with van der Waals surface area (Å²) >= 11 is 1.47. The van der Waals surface area contributed by atoms with E-state index in [1.165, 1.54) is 22.0 Å². The average Bonchev–Trinajstić information content (AvgIpc) is 3.10. The summed E-state index contributed by atoms with van der Waals surface area (Å²) < 4.78 is 26.3. The summed E-state index contributed by atoms with van der Waals surface area (Å²) in [5, 5.41) is 9.29. The Morgan fingerprint density at radius 1 is 1.33 bits per heavy atom. The first-order chi connectivity index (χ1) is 10.0. The maximum Gasteiger partial charge on any atom is 0.221 e. The summed E-state index contributed by atoms with van der Waals surface area (Å²) in [6, 6.07) is 0. The smallest absolute Gasteiger partial charge is 0.221 e. The molecule has 0 spiro atoms. The van der Waals surface area contributed by atoms with E-state index in [0.717, 1.165) is 5.01 Å². The third-order valence-corrected chi connectivity index (χ3v) is 5.97. The van der Waals surface area contributed by atoms with Gasteiger partial charge >= 0.3 is 0 Å². The van der Waals surface area contributed by atoms with Crippen LogP contribution in [0.5, 0.6) is 0 Å². The normalized spacial score (nSPS) is 17.3. The number of aromatic nitrogens is 4. The monoisotopic (exact) mass is 328 g/mol. The van der Waals surface area contributed by atoms with Crippen LogP contribution in [-0.4, -0.2) is 59.1 Å². The summed E-state index contributed by atoms with van der Waals surface area (Å²) in [5.41, 5.74) is 0.621. The molecule has 2 aromatic rings. The highest BCUT2D eigenvalue weighted by Gasteiger charge is 2.28. The molecular weight excluding hydrogens is 312 g/mol. The van der Waals surface area contributed by atoms with Gasteiger partial charge in [0.25, 0.3) is 0 Å². The Hall–Kier alpha value is -1.52. The standard InChI is InChI=1S/C11H16N6O2S2/c1-9-14-10(6-20-9)7-21(18,19)17-4-2-16(3-5-17)11-12-8-13-15-11/h6,8H,2-5,7H2,1H3,(H,12,13,15). The van der Waals surface area contributed by atoms with Crippen molar-refractivity contribution in [2.24, 2.45) is 0 Å². The van der Waals surface area contributed by atoms with Crippen molar-refractivity contribution in [2.45, 2.75) is 12.7 Å². The minimum absolute atomic E-state index is 0.0281. The van der Waals surface area contributed by atoms with Gasteiger partial charge in [-0.3, -0.25) is 0 Å². The van der Waals surface area contributed by atoms with Gasteiger partial charge in [0.05, 0.1) is 10.7 Å². The number of nitrogens with one attached hydrogen (secondary N) is 1. The second-order valence-corrected chi connectivity index (χ2v) is 7.84. The fourth-order valence-electron chi connectivity index (χ4n) is 2.28. The zero-order valence-electron chi connectivity index (χ0n) is 11.6. The van der Waals surface area contributed by atoms with Crippen molar-refractivity contribution in [3.8, 4) is 0 Å². The van der Waals surface area contributed by atoms with Crippen LogP contribution in [0.15, 0.2) is 11.7 Å². The molecule has 0 saturated carbocycles. The zero-order chi connectivity index (χ0) is 14.9. The van der Waals surface area contributed by atoms with Gasteiger partial charge in [-0.1, -0.05) is 0 Å². The molecule has 0 atom stereocenters. The number of anilines is 1. The Bertz CT molecular complexity index is 688. The van der Waals surface area contributed by atoms with E-state index < -0.39 is 10.0 Å². The van der Waals surface area contributed by atoms with E-state index in [-0.39, 0.29) is 5.75 Å². The Morgan fingerprint density at radius 3 is 2.67 bits per heavy atom. The number of hydrogen-bond acceptors (Lipinski definition) is 7. The van der Waals surface area contributed by atoms with Crippen molar-refractivity contribution in [3.05, 3.63) is 22.4 Å². The van der Waals surface area contributed by atoms with E-state index in [2.05, 4.69) is 20.2 Å². The highest BCUT2D eigenvalue weighted by molar-refractivity contribution is 7.88. The largest absolute Gasteiger partial charge is 0.339 e. The number of rotatable bonds is 4. The van der Waals surface area contributed by atoms with Gasteiger partial charge in [0.1, 0.15) is 12.1 Å². The Balaban J connectivity index is 1.63. The second-order valence-electron chi connectivity index (χ2n) is 4.81. The highest BCUT2D eigenvalue weighted by Crippen LogP contribution is 2.17. The minimum Gasteiger partial charge on any atom is -0.339 e. The van der Waals surface area contributed by atoms with Crippen LogP contribution >= 0.6 is 11.3 Å². The van der Waals surface area contributed by atoms with Gasteiger partial charge in [-0.25, -0.2) is 18.5 Å². The number of nitrogens with zero attached hydrogens (tertiary/aromatic N) is 5. The second kappa shape index (κ2) is 5.70. The van der Waals surface area contributed by atoms with Gasteiger partial charge < -0.3 is 4.90 Å². The van der Waals surface area contributed by atoms with Crippen LogP contribution in [0.25, 0.3) is 0 Å². The molecule has 3 heterocycles. The lowest BCUT2D eigenvalue weighted by Crippen LogP contribution is -2.49. The van der Waals surface area contributed by atoms with Crippen LogP contribution in [0.3, 0.4) is 0 Å². The van der Waals surface area contributed by atoms with E-state index in [1.807, 2.05) is 11.8 Å². The number of piperazine rings is 1. The van der Waals surface area contributed by atoms with Crippen LogP contribution in [0, 0.1) is 6.92 Å². The Kier molecular flexibility index (Phi) is 3.91. The molecule has 0 aromatic carbocycles. The molecule has 0 aliphatic carbocycles. The summed E-state index contributed by atoms with van der Waals surface area (Å²) in [6.45, 7) is 3.98. The first-order valence-corrected chi connectivity index (χ1v) is 9.02. The molecule has 0 bridgehead atoms. The molecule has 21 heavy (non-hydrogen) atoms. The van der Waals surface area contributed by atoms with E-state index in [4.69, 9.17) is 0 Å². The number of aromatic amines is 1. The van der Waals surface area contributed by atoms with Crippen LogP contribution in [-0.2, 0) is 15.8 Å². The van der Waals surface area contributed by atoms with Crippen molar-refractivity contribution < 1.29 is 8.42 Å². The maximum atomic E-state index is 12.4. The zero-order valence-corrected chi connectivity index (χ0v) is 13.2. The molecule has 0 unspecified atom stereocenters. The lowest BCUT2D eigenvalue weighted by atomic mass is 10.4. The van der Waals surface area contributed by atoms with Gasteiger partial charge in [0.15, 0.2) is 0 Å². The molecule has 2 aromatic heterocycles. The fourth-order valence-corrected chi connectivity index (χ4v) is 4.42. The number of thiazole rings is 1. The first-order valence-electron chi connectivity index (χ1n) is 6.54. The quantitative estimate of drug-likeness (QED) is 0.863. The number of sulfonamides is 1. The van der Waals surface area contributed by atoms with Crippen LogP contribution < -0.4 is 4.90 Å². The molecule has 10 heteroatoms. The van der Waals surface area contributed by atoms with E-state index >= 15 is 0 Å². The summed E-state index contributed by atoms with van der Waals surface area (Å²) in [6.07, 6.45) is 1.45. The number of hydrogen-bond donors (Lipinski definition) is 1. The molecule has 114 valence electrons.